The first kappa shape index (κ1) is 20.9. The number of para-hydroxylation sites is 2. The van der Waals surface area contributed by atoms with Crippen LogP contribution in [0.5, 0.6) is 5.75 Å². The van der Waals surface area contributed by atoms with Gasteiger partial charge in [-0.3, -0.25) is 9.67 Å². The maximum atomic E-state index is 9.81. The molecular formula is C26H25N5O2. The first-order valence-corrected chi connectivity index (χ1v) is 10.9. The van der Waals surface area contributed by atoms with Gasteiger partial charge in [-0.2, -0.15) is 5.10 Å². The van der Waals surface area contributed by atoms with E-state index in [0.29, 0.717) is 13.2 Å². The lowest BCUT2D eigenvalue weighted by Gasteiger charge is -2.08. The van der Waals surface area contributed by atoms with Crippen molar-refractivity contribution in [2.75, 3.05) is 0 Å². The zero-order valence-corrected chi connectivity index (χ0v) is 18.6. The molecule has 0 saturated heterocycles. The van der Waals surface area contributed by atoms with E-state index in [2.05, 4.69) is 20.6 Å². The highest BCUT2D eigenvalue weighted by Crippen LogP contribution is 2.32. The number of nitrogens with zero attached hydrogens (tertiary/aromatic N) is 5. The molecule has 0 spiro atoms. The molecule has 3 heterocycles. The Balaban J connectivity index is 1.38. The van der Waals surface area contributed by atoms with Crippen LogP contribution in [0, 0.1) is 0 Å². The van der Waals surface area contributed by atoms with E-state index in [-0.39, 0.29) is 0 Å². The number of pyridine rings is 1. The molecule has 7 heteroatoms. The van der Waals surface area contributed by atoms with Crippen LogP contribution in [0.3, 0.4) is 0 Å². The van der Waals surface area contributed by atoms with E-state index in [0.717, 1.165) is 45.0 Å². The summed E-state index contributed by atoms with van der Waals surface area (Å²) in [5.74, 6) is 1.64. The monoisotopic (exact) mass is 439 g/mol. The van der Waals surface area contributed by atoms with Crippen molar-refractivity contribution in [2.24, 2.45) is 7.05 Å². The van der Waals surface area contributed by atoms with Crippen LogP contribution in [-0.2, 0) is 20.2 Å². The van der Waals surface area contributed by atoms with Gasteiger partial charge in [-0.15, -0.1) is 0 Å². The summed E-state index contributed by atoms with van der Waals surface area (Å²) in [6, 6.07) is 19.9. The second-order valence-electron chi connectivity index (χ2n) is 8.09. The maximum absolute atomic E-state index is 9.81. The Hall–Kier alpha value is -3.97. The minimum Gasteiger partial charge on any atom is -0.486 e. The summed E-state index contributed by atoms with van der Waals surface area (Å²) >= 11 is 0. The third-order valence-electron chi connectivity index (χ3n) is 5.58. The standard InChI is InChI=1S/C26H25N5O2/c1-18(32)15-31-16-22(19-11-13-27-14-12-19)26(29-31)20-7-9-21(10-8-20)33-17-25-28-23-5-3-4-6-24(23)30(25)2/h3-14,16,18,32H,15,17H2,1-2H3. The molecule has 0 fully saturated rings. The molecule has 1 N–H and O–H groups in total. The smallest absolute Gasteiger partial charge is 0.147 e. The summed E-state index contributed by atoms with van der Waals surface area (Å²) < 4.78 is 9.85. The normalized spacial score (nSPS) is 12.2. The van der Waals surface area contributed by atoms with Crippen molar-refractivity contribution in [1.82, 2.24) is 24.3 Å². The summed E-state index contributed by atoms with van der Waals surface area (Å²) in [5.41, 5.74) is 5.89. The van der Waals surface area contributed by atoms with E-state index in [9.17, 15) is 5.11 Å². The number of hydrogen-bond donors (Lipinski definition) is 1. The third-order valence-corrected chi connectivity index (χ3v) is 5.58. The van der Waals surface area contributed by atoms with Gasteiger partial charge in [-0.1, -0.05) is 12.1 Å². The fourth-order valence-electron chi connectivity index (χ4n) is 3.92. The van der Waals surface area contributed by atoms with Crippen LogP contribution < -0.4 is 4.74 Å². The Kier molecular flexibility index (Phi) is 5.62. The van der Waals surface area contributed by atoms with Crippen molar-refractivity contribution >= 4 is 11.0 Å². The highest BCUT2D eigenvalue weighted by atomic mass is 16.5. The first-order chi connectivity index (χ1) is 16.1. The number of benzene rings is 2. The van der Waals surface area contributed by atoms with Gasteiger partial charge in [-0.25, -0.2) is 4.98 Å². The molecule has 1 atom stereocenters. The van der Waals surface area contributed by atoms with E-state index in [4.69, 9.17) is 9.84 Å². The zero-order chi connectivity index (χ0) is 22.8. The molecule has 5 aromatic rings. The number of aryl methyl sites for hydroxylation is 1. The number of rotatable bonds is 7. The number of ether oxygens (including phenoxy) is 1. The summed E-state index contributed by atoms with van der Waals surface area (Å²) in [6.07, 6.45) is 5.02. The van der Waals surface area contributed by atoms with Gasteiger partial charge in [0, 0.05) is 36.8 Å². The Morgan fingerprint density at radius 1 is 0.970 bits per heavy atom. The van der Waals surface area contributed by atoms with Gasteiger partial charge >= 0.3 is 0 Å². The van der Waals surface area contributed by atoms with E-state index in [1.54, 1.807) is 24.0 Å². The molecule has 5 rings (SSSR count). The van der Waals surface area contributed by atoms with Gasteiger partial charge in [0.2, 0.25) is 0 Å². The average Bonchev–Trinajstić information content (AvgIpc) is 3.39. The lowest BCUT2D eigenvalue weighted by Crippen LogP contribution is -2.11. The molecule has 0 bridgehead atoms. The van der Waals surface area contributed by atoms with Crippen molar-refractivity contribution in [3.8, 4) is 28.1 Å². The Morgan fingerprint density at radius 3 is 2.45 bits per heavy atom. The molecule has 0 saturated carbocycles. The largest absolute Gasteiger partial charge is 0.486 e. The predicted molar refractivity (Wildman–Crippen MR) is 128 cm³/mol. The van der Waals surface area contributed by atoms with Crippen molar-refractivity contribution in [3.05, 3.63) is 85.1 Å². The molecule has 0 aliphatic rings. The van der Waals surface area contributed by atoms with Gasteiger partial charge < -0.3 is 14.4 Å². The molecule has 7 nitrogen and oxygen atoms in total. The lowest BCUT2D eigenvalue weighted by molar-refractivity contribution is 0.168. The number of fused-ring (bicyclic) bond motifs is 1. The number of aliphatic hydroxyl groups is 1. The minimum absolute atomic E-state index is 0.385. The van der Waals surface area contributed by atoms with Gasteiger partial charge in [0.05, 0.1) is 23.7 Å². The average molecular weight is 440 g/mol. The minimum atomic E-state index is -0.485. The quantitative estimate of drug-likeness (QED) is 0.405. The molecule has 1 unspecified atom stereocenters. The number of aromatic nitrogens is 5. The highest BCUT2D eigenvalue weighted by molar-refractivity contribution is 5.80. The van der Waals surface area contributed by atoms with Crippen LogP contribution >= 0.6 is 0 Å². The first-order valence-electron chi connectivity index (χ1n) is 10.9. The zero-order valence-electron chi connectivity index (χ0n) is 18.6. The van der Waals surface area contributed by atoms with Crippen LogP contribution in [0.1, 0.15) is 12.7 Å². The van der Waals surface area contributed by atoms with Crippen molar-refractivity contribution in [1.29, 1.82) is 0 Å². The molecular weight excluding hydrogens is 414 g/mol. The maximum Gasteiger partial charge on any atom is 0.147 e. The van der Waals surface area contributed by atoms with Crippen LogP contribution in [0.15, 0.2) is 79.3 Å². The second kappa shape index (κ2) is 8.88. The Labute approximate surface area is 191 Å². The van der Waals surface area contributed by atoms with E-state index >= 15 is 0 Å². The van der Waals surface area contributed by atoms with E-state index in [1.165, 1.54) is 0 Å². The number of imidazole rings is 1. The Bertz CT molecular complexity index is 1370. The van der Waals surface area contributed by atoms with Gasteiger partial charge in [0.25, 0.3) is 0 Å². The molecule has 0 radical (unpaired) electrons. The fourth-order valence-corrected chi connectivity index (χ4v) is 3.92. The summed E-state index contributed by atoms with van der Waals surface area (Å²) in [4.78, 5) is 8.78. The lowest BCUT2D eigenvalue weighted by atomic mass is 10.0. The number of hydrogen-bond acceptors (Lipinski definition) is 5. The van der Waals surface area contributed by atoms with Crippen LogP contribution in [-0.4, -0.2) is 35.5 Å². The molecule has 166 valence electrons. The van der Waals surface area contributed by atoms with E-state index < -0.39 is 6.10 Å². The summed E-state index contributed by atoms with van der Waals surface area (Å²) in [7, 11) is 2.00. The molecule has 0 aliphatic carbocycles. The molecule has 0 amide bonds. The van der Waals surface area contributed by atoms with Gasteiger partial charge in [-0.05, 0) is 61.0 Å². The van der Waals surface area contributed by atoms with Gasteiger partial charge in [0.1, 0.15) is 23.9 Å². The van der Waals surface area contributed by atoms with Crippen LogP contribution in [0.25, 0.3) is 33.4 Å². The van der Waals surface area contributed by atoms with Gasteiger partial charge in [0.15, 0.2) is 0 Å². The highest BCUT2D eigenvalue weighted by Gasteiger charge is 2.15. The van der Waals surface area contributed by atoms with Crippen LogP contribution in [0.2, 0.25) is 0 Å². The molecule has 2 aromatic carbocycles. The summed E-state index contributed by atoms with van der Waals surface area (Å²) in [6.45, 7) is 2.57. The molecule has 33 heavy (non-hydrogen) atoms. The predicted octanol–water partition coefficient (Wildman–Crippen LogP) is 4.46. The molecule has 3 aromatic heterocycles. The van der Waals surface area contributed by atoms with Crippen molar-refractivity contribution in [3.63, 3.8) is 0 Å². The van der Waals surface area contributed by atoms with Crippen molar-refractivity contribution in [2.45, 2.75) is 26.2 Å². The fraction of sp³-hybridized carbons (Fsp3) is 0.192. The second-order valence-corrected chi connectivity index (χ2v) is 8.09. The van der Waals surface area contributed by atoms with E-state index in [1.807, 2.05) is 67.8 Å². The van der Waals surface area contributed by atoms with Crippen molar-refractivity contribution < 1.29 is 9.84 Å². The summed E-state index contributed by atoms with van der Waals surface area (Å²) in [5, 5.41) is 14.5. The van der Waals surface area contributed by atoms with Crippen LogP contribution in [0.4, 0.5) is 0 Å². The molecule has 0 aliphatic heterocycles. The SMILES string of the molecule is CC(O)Cn1cc(-c2ccncc2)c(-c2ccc(OCc3nc4ccccc4n3C)cc2)n1. The Morgan fingerprint density at radius 2 is 1.73 bits per heavy atom. The number of aliphatic hydroxyl groups excluding tert-OH is 1. The topological polar surface area (TPSA) is 78.0 Å². The third kappa shape index (κ3) is 4.36.